The van der Waals surface area contributed by atoms with Gasteiger partial charge in [-0.15, -0.1) is 0 Å². The van der Waals surface area contributed by atoms with Crippen LogP contribution in [-0.2, 0) is 4.74 Å². The van der Waals surface area contributed by atoms with Crippen LogP contribution in [0.15, 0.2) is 0 Å². The van der Waals surface area contributed by atoms with Crippen LogP contribution in [0.4, 0.5) is 0 Å². The average molecular weight is 284 g/mol. The monoisotopic (exact) mass is 284 g/mol. The van der Waals surface area contributed by atoms with E-state index >= 15 is 0 Å². The second-order valence-electron chi connectivity index (χ2n) is 6.81. The summed E-state index contributed by atoms with van der Waals surface area (Å²) in [5.74, 6) is 0. The Morgan fingerprint density at radius 1 is 1.15 bits per heavy atom. The second-order valence-corrected chi connectivity index (χ2v) is 6.81. The van der Waals surface area contributed by atoms with E-state index in [-0.39, 0.29) is 0 Å². The van der Waals surface area contributed by atoms with E-state index in [0.717, 1.165) is 19.7 Å². The first-order valence-corrected chi connectivity index (χ1v) is 8.56. The van der Waals surface area contributed by atoms with Crippen LogP contribution in [0, 0.1) is 5.41 Å². The summed E-state index contributed by atoms with van der Waals surface area (Å²) in [7, 11) is 1.80. The van der Waals surface area contributed by atoms with Gasteiger partial charge in [-0.2, -0.15) is 0 Å². The first kappa shape index (κ1) is 17.9. The second kappa shape index (κ2) is 9.75. The van der Waals surface area contributed by atoms with E-state index in [9.17, 15) is 0 Å². The zero-order valence-electron chi connectivity index (χ0n) is 14.2. The third kappa shape index (κ3) is 6.55. The first-order valence-electron chi connectivity index (χ1n) is 8.56. The summed E-state index contributed by atoms with van der Waals surface area (Å²) in [6.45, 7) is 12.2. The number of nitrogens with one attached hydrogen (secondary N) is 1. The smallest absolute Gasteiger partial charge is 0.0589 e. The fourth-order valence-electron chi connectivity index (χ4n) is 3.33. The van der Waals surface area contributed by atoms with Crippen molar-refractivity contribution in [1.82, 2.24) is 10.2 Å². The Bertz CT molecular complexity index is 235. The maximum absolute atomic E-state index is 5.26. The van der Waals surface area contributed by atoms with Gasteiger partial charge in [0, 0.05) is 32.8 Å². The molecule has 3 heteroatoms. The van der Waals surface area contributed by atoms with Gasteiger partial charge in [-0.1, -0.05) is 46.5 Å². The van der Waals surface area contributed by atoms with E-state index < -0.39 is 0 Å². The van der Waals surface area contributed by atoms with Crippen LogP contribution in [-0.4, -0.2) is 50.8 Å². The van der Waals surface area contributed by atoms with Crippen molar-refractivity contribution in [3.8, 4) is 0 Å². The summed E-state index contributed by atoms with van der Waals surface area (Å²) in [6.07, 6.45) is 8.43. The molecule has 1 rings (SSSR count). The van der Waals surface area contributed by atoms with E-state index in [1.165, 1.54) is 51.6 Å². The van der Waals surface area contributed by atoms with Crippen molar-refractivity contribution in [2.45, 2.75) is 65.3 Å². The lowest BCUT2D eigenvalue weighted by molar-refractivity contribution is 0.0959. The summed E-state index contributed by atoms with van der Waals surface area (Å²) in [4.78, 5) is 2.58. The molecular formula is C17H36N2O. The topological polar surface area (TPSA) is 24.5 Å². The normalized spacial score (nSPS) is 19.5. The van der Waals surface area contributed by atoms with Crippen LogP contribution in [0.2, 0.25) is 0 Å². The quantitative estimate of drug-likeness (QED) is 0.658. The molecular weight excluding hydrogens is 248 g/mol. The van der Waals surface area contributed by atoms with Gasteiger partial charge < -0.3 is 15.0 Å². The number of rotatable bonds is 9. The molecule has 1 saturated carbocycles. The molecule has 1 aliphatic rings. The predicted molar refractivity (Wildman–Crippen MR) is 87.3 cm³/mol. The van der Waals surface area contributed by atoms with E-state index in [1.54, 1.807) is 7.11 Å². The molecule has 3 nitrogen and oxygen atoms in total. The van der Waals surface area contributed by atoms with Crippen LogP contribution in [0.25, 0.3) is 0 Å². The van der Waals surface area contributed by atoms with Crippen molar-refractivity contribution in [3.05, 3.63) is 0 Å². The van der Waals surface area contributed by atoms with Gasteiger partial charge in [0.2, 0.25) is 0 Å². The molecule has 1 aliphatic carbocycles. The maximum Gasteiger partial charge on any atom is 0.0589 e. The Kier molecular flexibility index (Phi) is 8.74. The minimum atomic E-state index is 0.477. The average Bonchev–Trinajstić information content (AvgIpc) is 2.67. The van der Waals surface area contributed by atoms with E-state index in [2.05, 4.69) is 31.0 Å². The summed E-state index contributed by atoms with van der Waals surface area (Å²) in [6, 6.07) is 0.587. The Hall–Kier alpha value is -0.120. The third-order valence-electron chi connectivity index (χ3n) is 4.67. The van der Waals surface area contributed by atoms with Gasteiger partial charge >= 0.3 is 0 Å². The highest BCUT2D eigenvalue weighted by Crippen LogP contribution is 2.35. The molecule has 20 heavy (non-hydrogen) atoms. The van der Waals surface area contributed by atoms with Crippen molar-refractivity contribution in [2.24, 2.45) is 5.41 Å². The number of nitrogens with zero attached hydrogens (tertiary/aromatic N) is 1. The van der Waals surface area contributed by atoms with Gasteiger partial charge in [-0.3, -0.25) is 0 Å². The van der Waals surface area contributed by atoms with Crippen LogP contribution in [0.3, 0.4) is 0 Å². The molecule has 0 aromatic heterocycles. The lowest BCUT2D eigenvalue weighted by atomic mass is 9.79. The number of methoxy groups -OCH3 is 1. The number of hydrogen-bond donors (Lipinski definition) is 1. The summed E-state index contributed by atoms with van der Waals surface area (Å²) in [5, 5.41) is 3.71. The molecule has 0 amide bonds. The highest BCUT2D eigenvalue weighted by molar-refractivity contribution is 4.87. The van der Waals surface area contributed by atoms with Crippen LogP contribution in [0.1, 0.15) is 59.3 Å². The summed E-state index contributed by atoms with van der Waals surface area (Å²) in [5.41, 5.74) is 0.477. The van der Waals surface area contributed by atoms with E-state index in [1.807, 2.05) is 0 Å². The highest BCUT2D eigenvalue weighted by atomic mass is 16.5. The lowest BCUT2D eigenvalue weighted by Crippen LogP contribution is -2.46. The Balaban J connectivity index is 2.63. The Morgan fingerprint density at radius 3 is 2.30 bits per heavy atom. The largest absolute Gasteiger partial charge is 0.383 e. The third-order valence-corrected chi connectivity index (χ3v) is 4.67. The van der Waals surface area contributed by atoms with Crippen molar-refractivity contribution in [1.29, 1.82) is 0 Å². The molecule has 1 N–H and O–H groups in total. The van der Waals surface area contributed by atoms with Gasteiger partial charge in [-0.05, 0) is 24.8 Å². The molecule has 0 heterocycles. The molecule has 1 fully saturated rings. The van der Waals surface area contributed by atoms with Crippen molar-refractivity contribution in [2.75, 3.05) is 39.9 Å². The number of ether oxygens (including phenoxy) is 1. The van der Waals surface area contributed by atoms with Gasteiger partial charge in [0.25, 0.3) is 0 Å². The molecule has 0 radical (unpaired) electrons. The zero-order chi connectivity index (χ0) is 14.8. The van der Waals surface area contributed by atoms with Crippen LogP contribution in [0.5, 0.6) is 0 Å². The SMILES string of the molecule is CCN(CCOC)CC1(CNC(C)C)CCCCCC1. The molecule has 120 valence electrons. The molecule has 0 aliphatic heterocycles. The minimum absolute atomic E-state index is 0.477. The molecule has 0 bridgehead atoms. The van der Waals surface area contributed by atoms with Gasteiger partial charge in [0.05, 0.1) is 6.61 Å². The maximum atomic E-state index is 5.26. The Morgan fingerprint density at radius 2 is 1.80 bits per heavy atom. The highest BCUT2D eigenvalue weighted by Gasteiger charge is 2.32. The van der Waals surface area contributed by atoms with E-state index in [4.69, 9.17) is 4.74 Å². The standard InChI is InChI=1S/C17H36N2O/c1-5-19(12-13-20-4)15-17(14-18-16(2)3)10-8-6-7-9-11-17/h16,18H,5-15H2,1-4H3. The zero-order valence-corrected chi connectivity index (χ0v) is 14.2. The Labute approximate surface area is 126 Å². The van der Waals surface area contributed by atoms with Gasteiger partial charge in [0.1, 0.15) is 0 Å². The van der Waals surface area contributed by atoms with Crippen molar-refractivity contribution < 1.29 is 4.74 Å². The van der Waals surface area contributed by atoms with Gasteiger partial charge in [0.15, 0.2) is 0 Å². The molecule has 0 aromatic carbocycles. The summed E-state index contributed by atoms with van der Waals surface area (Å²) >= 11 is 0. The van der Waals surface area contributed by atoms with Crippen molar-refractivity contribution in [3.63, 3.8) is 0 Å². The lowest BCUT2D eigenvalue weighted by Gasteiger charge is -2.38. The minimum Gasteiger partial charge on any atom is -0.383 e. The van der Waals surface area contributed by atoms with E-state index in [0.29, 0.717) is 11.5 Å². The fraction of sp³-hybridized carbons (Fsp3) is 1.00. The first-order chi connectivity index (χ1) is 9.62. The molecule has 0 atom stereocenters. The number of likely N-dealkylation sites (N-methyl/N-ethyl adjacent to an activating group) is 1. The van der Waals surface area contributed by atoms with Crippen molar-refractivity contribution >= 4 is 0 Å². The molecule has 0 aromatic rings. The summed E-state index contributed by atoms with van der Waals surface area (Å²) < 4.78 is 5.26. The molecule has 0 unspecified atom stereocenters. The fourth-order valence-corrected chi connectivity index (χ4v) is 3.33. The molecule has 0 spiro atoms. The van der Waals surface area contributed by atoms with Crippen LogP contribution < -0.4 is 5.32 Å². The predicted octanol–water partition coefficient (Wildman–Crippen LogP) is 3.29. The van der Waals surface area contributed by atoms with Crippen LogP contribution >= 0.6 is 0 Å². The van der Waals surface area contributed by atoms with Gasteiger partial charge in [-0.25, -0.2) is 0 Å². The molecule has 0 saturated heterocycles. The number of hydrogen-bond acceptors (Lipinski definition) is 3.